The number of hydrogen-bond acceptors (Lipinski definition) is 7. The molecule has 1 atom stereocenters. The molecule has 0 aromatic carbocycles. The van der Waals surface area contributed by atoms with Crippen molar-refractivity contribution in [1.82, 2.24) is 24.7 Å². The van der Waals surface area contributed by atoms with E-state index in [0.29, 0.717) is 39.3 Å². The predicted octanol–water partition coefficient (Wildman–Crippen LogP) is 1.70. The first-order valence-corrected chi connectivity index (χ1v) is 10.5. The lowest BCUT2D eigenvalue weighted by molar-refractivity contribution is -0.139. The number of likely N-dealkylation sites (N-methyl/N-ethyl adjacent to an activating group) is 1. The van der Waals surface area contributed by atoms with E-state index in [1.165, 1.54) is 0 Å². The van der Waals surface area contributed by atoms with Gasteiger partial charge in [0.25, 0.3) is 0 Å². The molecule has 0 saturated carbocycles. The molecule has 0 N–H and O–H groups in total. The SMILES string of the molecule is CN1CCN(C(=O)OC(C)(C)C)CC1C(=O)N1CCN(c2ncc(C(F)(F)F)cn2)CC1. The fraction of sp³-hybridized carbons (Fsp3) is 0.700. The Labute approximate surface area is 185 Å². The molecule has 9 nitrogen and oxygen atoms in total. The molecule has 0 aliphatic carbocycles. The van der Waals surface area contributed by atoms with E-state index in [-0.39, 0.29) is 18.4 Å². The second kappa shape index (κ2) is 9.08. The minimum atomic E-state index is -4.48. The van der Waals surface area contributed by atoms with Crippen molar-refractivity contribution < 1.29 is 27.5 Å². The molecule has 12 heteroatoms. The van der Waals surface area contributed by atoms with Crippen molar-refractivity contribution in [1.29, 1.82) is 0 Å². The Kier molecular flexibility index (Phi) is 6.82. The van der Waals surface area contributed by atoms with Crippen molar-refractivity contribution in [3.8, 4) is 0 Å². The molecule has 2 fully saturated rings. The van der Waals surface area contributed by atoms with Crippen LogP contribution in [0.1, 0.15) is 26.3 Å². The number of anilines is 1. The van der Waals surface area contributed by atoms with Crippen LogP contribution in [0.3, 0.4) is 0 Å². The van der Waals surface area contributed by atoms with Gasteiger partial charge in [0.15, 0.2) is 0 Å². The van der Waals surface area contributed by atoms with Crippen LogP contribution in [0.25, 0.3) is 0 Å². The Hall–Kier alpha value is -2.63. The summed E-state index contributed by atoms with van der Waals surface area (Å²) in [6.45, 7) is 8.25. The Morgan fingerprint density at radius 3 is 2.06 bits per heavy atom. The third-order valence-corrected chi connectivity index (χ3v) is 5.42. The molecule has 178 valence electrons. The van der Waals surface area contributed by atoms with Crippen molar-refractivity contribution in [2.75, 3.05) is 57.8 Å². The van der Waals surface area contributed by atoms with Crippen LogP contribution in [0.2, 0.25) is 0 Å². The van der Waals surface area contributed by atoms with Crippen molar-refractivity contribution in [2.24, 2.45) is 0 Å². The van der Waals surface area contributed by atoms with Gasteiger partial charge >= 0.3 is 12.3 Å². The molecule has 1 aromatic heterocycles. The Morgan fingerprint density at radius 2 is 1.53 bits per heavy atom. The fourth-order valence-electron chi connectivity index (χ4n) is 3.60. The molecule has 2 amide bonds. The number of carbonyl (C=O) groups is 2. The van der Waals surface area contributed by atoms with Crippen molar-refractivity contribution in [2.45, 2.75) is 38.6 Å². The number of ether oxygens (including phenoxy) is 1. The quantitative estimate of drug-likeness (QED) is 0.667. The van der Waals surface area contributed by atoms with Gasteiger partial charge in [0, 0.05) is 58.2 Å². The minimum Gasteiger partial charge on any atom is -0.444 e. The van der Waals surface area contributed by atoms with E-state index in [9.17, 15) is 22.8 Å². The van der Waals surface area contributed by atoms with Gasteiger partial charge in [-0.2, -0.15) is 13.2 Å². The molecule has 0 spiro atoms. The van der Waals surface area contributed by atoms with E-state index in [2.05, 4.69) is 9.97 Å². The monoisotopic (exact) mass is 458 g/mol. The number of amides is 2. The van der Waals surface area contributed by atoms with Crippen LogP contribution in [0.15, 0.2) is 12.4 Å². The van der Waals surface area contributed by atoms with E-state index in [4.69, 9.17) is 4.74 Å². The molecule has 1 aromatic rings. The lowest BCUT2D eigenvalue weighted by Crippen LogP contribution is -2.61. The average Bonchev–Trinajstić information content (AvgIpc) is 2.72. The Balaban J connectivity index is 1.57. The summed E-state index contributed by atoms with van der Waals surface area (Å²) < 4.78 is 43.5. The second-order valence-corrected chi connectivity index (χ2v) is 9.00. The molecule has 32 heavy (non-hydrogen) atoms. The summed E-state index contributed by atoms with van der Waals surface area (Å²) in [5.74, 6) is 0.115. The standard InChI is InChI=1S/C20H29F3N6O3/c1-19(2,3)32-18(31)29-6-5-26(4)15(13-29)16(30)27-7-9-28(10-8-27)17-24-11-14(12-25-17)20(21,22)23/h11-12,15H,5-10,13H2,1-4H3. The summed E-state index contributed by atoms with van der Waals surface area (Å²) in [6, 6.07) is -0.481. The Morgan fingerprint density at radius 1 is 0.969 bits per heavy atom. The Bertz CT molecular complexity index is 819. The second-order valence-electron chi connectivity index (χ2n) is 9.00. The van der Waals surface area contributed by atoms with Gasteiger partial charge in [0.05, 0.1) is 5.56 Å². The highest BCUT2D eigenvalue weighted by Gasteiger charge is 2.37. The molecular weight excluding hydrogens is 429 g/mol. The molecule has 1 unspecified atom stereocenters. The van der Waals surface area contributed by atoms with Crippen LogP contribution in [0.4, 0.5) is 23.9 Å². The van der Waals surface area contributed by atoms with E-state index >= 15 is 0 Å². The number of aromatic nitrogens is 2. The van der Waals surface area contributed by atoms with E-state index in [0.717, 1.165) is 12.4 Å². The van der Waals surface area contributed by atoms with Gasteiger partial charge in [0.2, 0.25) is 11.9 Å². The summed E-state index contributed by atoms with van der Waals surface area (Å²) in [7, 11) is 1.85. The van der Waals surface area contributed by atoms with Crippen molar-refractivity contribution in [3.63, 3.8) is 0 Å². The van der Waals surface area contributed by atoms with Crippen LogP contribution in [0.5, 0.6) is 0 Å². The van der Waals surface area contributed by atoms with Gasteiger partial charge in [-0.25, -0.2) is 14.8 Å². The molecular formula is C20H29F3N6O3. The normalized spacial score (nSPS) is 21.0. The first kappa shape index (κ1) is 24.0. The summed E-state index contributed by atoms with van der Waals surface area (Å²) in [5.41, 5.74) is -1.51. The topological polar surface area (TPSA) is 82.1 Å². The number of piperazine rings is 2. The number of alkyl halides is 3. The highest BCUT2D eigenvalue weighted by Crippen LogP contribution is 2.28. The smallest absolute Gasteiger partial charge is 0.419 e. The number of nitrogens with zero attached hydrogens (tertiary/aromatic N) is 6. The highest BCUT2D eigenvalue weighted by molar-refractivity contribution is 5.83. The maximum atomic E-state index is 13.1. The largest absolute Gasteiger partial charge is 0.444 e. The highest BCUT2D eigenvalue weighted by atomic mass is 19.4. The van der Waals surface area contributed by atoms with Gasteiger partial charge in [-0.1, -0.05) is 0 Å². The van der Waals surface area contributed by atoms with Crippen LogP contribution in [0, 0.1) is 0 Å². The number of hydrogen-bond donors (Lipinski definition) is 0. The summed E-state index contributed by atoms with van der Waals surface area (Å²) in [5, 5.41) is 0. The molecule has 2 saturated heterocycles. The van der Waals surface area contributed by atoms with Crippen molar-refractivity contribution >= 4 is 17.9 Å². The number of halogens is 3. The van der Waals surface area contributed by atoms with Crippen LogP contribution >= 0.6 is 0 Å². The number of carbonyl (C=O) groups excluding carboxylic acids is 2. The molecule has 3 heterocycles. The van der Waals surface area contributed by atoms with Gasteiger partial charge in [0.1, 0.15) is 11.6 Å². The zero-order valence-corrected chi connectivity index (χ0v) is 18.7. The lowest BCUT2D eigenvalue weighted by Gasteiger charge is -2.42. The zero-order valence-electron chi connectivity index (χ0n) is 18.7. The fourth-order valence-corrected chi connectivity index (χ4v) is 3.60. The lowest BCUT2D eigenvalue weighted by atomic mass is 10.1. The van der Waals surface area contributed by atoms with Gasteiger partial charge < -0.3 is 19.4 Å². The van der Waals surface area contributed by atoms with E-state index in [1.54, 1.807) is 35.5 Å². The predicted molar refractivity (Wildman–Crippen MR) is 110 cm³/mol. The zero-order chi connectivity index (χ0) is 23.7. The molecule has 3 rings (SSSR count). The molecule has 2 aliphatic rings. The first-order valence-electron chi connectivity index (χ1n) is 10.5. The summed E-state index contributed by atoms with van der Waals surface area (Å²) >= 11 is 0. The molecule has 0 bridgehead atoms. The van der Waals surface area contributed by atoms with Crippen LogP contribution < -0.4 is 4.90 Å². The van der Waals surface area contributed by atoms with Crippen LogP contribution in [-0.4, -0.2) is 101 Å². The summed E-state index contributed by atoms with van der Waals surface area (Å²) in [4.78, 5) is 40.2. The molecule has 2 aliphatic heterocycles. The van der Waals surface area contributed by atoms with Crippen molar-refractivity contribution in [3.05, 3.63) is 18.0 Å². The average molecular weight is 458 g/mol. The van der Waals surface area contributed by atoms with Gasteiger partial charge in [-0.05, 0) is 27.8 Å². The third kappa shape index (κ3) is 5.78. The van der Waals surface area contributed by atoms with E-state index < -0.39 is 29.5 Å². The van der Waals surface area contributed by atoms with Crippen LogP contribution in [-0.2, 0) is 15.7 Å². The van der Waals surface area contributed by atoms with Gasteiger partial charge in [-0.3, -0.25) is 9.69 Å². The maximum absolute atomic E-state index is 13.1. The third-order valence-electron chi connectivity index (χ3n) is 5.42. The molecule has 0 radical (unpaired) electrons. The summed E-state index contributed by atoms with van der Waals surface area (Å²) in [6.07, 6.45) is -3.39. The minimum absolute atomic E-state index is 0.0891. The van der Waals surface area contributed by atoms with Gasteiger partial charge in [-0.15, -0.1) is 0 Å². The van der Waals surface area contributed by atoms with E-state index in [1.807, 2.05) is 11.9 Å². The maximum Gasteiger partial charge on any atom is 0.419 e. The first-order chi connectivity index (χ1) is 14.8. The number of rotatable bonds is 2.